The van der Waals surface area contributed by atoms with Crippen LogP contribution in [0.2, 0.25) is 0 Å². The number of carbonyl (C=O) groups is 2. The molecule has 1 fully saturated rings. The Labute approximate surface area is 131 Å². The molecular weight excluding hydrogens is 282 g/mol. The van der Waals surface area contributed by atoms with Gasteiger partial charge in [-0.1, -0.05) is 13.8 Å². The van der Waals surface area contributed by atoms with E-state index in [0.717, 1.165) is 25.9 Å². The molecule has 2 amide bonds. The fourth-order valence-corrected chi connectivity index (χ4v) is 2.72. The molecule has 0 aromatic carbocycles. The average molecular weight is 307 g/mol. The molecule has 122 valence electrons. The van der Waals surface area contributed by atoms with Gasteiger partial charge in [0.1, 0.15) is 6.04 Å². The molecule has 1 aromatic heterocycles. The molecule has 2 rings (SSSR count). The Hall–Kier alpha value is -1.82. The maximum absolute atomic E-state index is 12.7. The third kappa shape index (κ3) is 3.88. The number of furan rings is 1. The fourth-order valence-electron chi connectivity index (χ4n) is 2.72. The molecule has 0 aliphatic carbocycles. The molecule has 2 heterocycles. The Morgan fingerprint density at radius 1 is 1.32 bits per heavy atom. The minimum absolute atomic E-state index is 0.00976. The molecule has 6 heteroatoms. The maximum Gasteiger partial charge on any atom is 0.287 e. The van der Waals surface area contributed by atoms with Crippen LogP contribution in [0, 0.1) is 5.92 Å². The van der Waals surface area contributed by atoms with E-state index in [-0.39, 0.29) is 23.5 Å². The van der Waals surface area contributed by atoms with Crippen molar-refractivity contribution in [2.24, 2.45) is 5.92 Å². The lowest BCUT2D eigenvalue weighted by Gasteiger charge is -2.35. The predicted octanol–water partition coefficient (Wildman–Crippen LogP) is 1.24. The molecule has 1 saturated heterocycles. The smallest absolute Gasteiger partial charge is 0.287 e. The van der Waals surface area contributed by atoms with Gasteiger partial charge < -0.3 is 20.0 Å². The summed E-state index contributed by atoms with van der Waals surface area (Å²) in [5.74, 6) is -0.104. The second-order valence-corrected chi connectivity index (χ2v) is 6.06. The summed E-state index contributed by atoms with van der Waals surface area (Å²) in [5, 5.41) is 6.05. The van der Waals surface area contributed by atoms with Crippen LogP contribution in [0.15, 0.2) is 22.8 Å². The number of hydrogen-bond donors (Lipinski definition) is 2. The molecule has 6 nitrogen and oxygen atoms in total. The van der Waals surface area contributed by atoms with E-state index in [9.17, 15) is 9.59 Å². The van der Waals surface area contributed by atoms with E-state index < -0.39 is 6.04 Å². The van der Waals surface area contributed by atoms with Crippen molar-refractivity contribution in [1.29, 1.82) is 0 Å². The summed E-state index contributed by atoms with van der Waals surface area (Å²) in [6, 6.07) is 3.20. The molecule has 0 radical (unpaired) electrons. The first kappa shape index (κ1) is 16.5. The summed E-state index contributed by atoms with van der Waals surface area (Å²) in [4.78, 5) is 26.7. The van der Waals surface area contributed by atoms with Crippen molar-refractivity contribution in [1.82, 2.24) is 15.5 Å². The van der Waals surface area contributed by atoms with Crippen molar-refractivity contribution >= 4 is 11.8 Å². The second-order valence-electron chi connectivity index (χ2n) is 6.06. The average Bonchev–Trinajstić information content (AvgIpc) is 3.06. The van der Waals surface area contributed by atoms with Crippen molar-refractivity contribution in [3.05, 3.63) is 24.2 Å². The quantitative estimate of drug-likeness (QED) is 0.858. The molecule has 1 atom stereocenters. The first-order chi connectivity index (χ1) is 10.5. The number of nitrogens with zero attached hydrogens (tertiary/aromatic N) is 1. The molecule has 1 unspecified atom stereocenters. The fraction of sp³-hybridized carbons (Fsp3) is 0.625. The number of nitrogens with one attached hydrogen (secondary N) is 2. The van der Waals surface area contributed by atoms with Crippen molar-refractivity contribution in [3.8, 4) is 0 Å². The Balaban J connectivity index is 1.98. The van der Waals surface area contributed by atoms with Crippen LogP contribution < -0.4 is 10.6 Å². The minimum Gasteiger partial charge on any atom is -0.459 e. The van der Waals surface area contributed by atoms with Crippen LogP contribution in [-0.4, -0.2) is 48.9 Å². The van der Waals surface area contributed by atoms with Crippen molar-refractivity contribution < 1.29 is 14.0 Å². The normalized spacial score (nSPS) is 17.5. The summed E-state index contributed by atoms with van der Waals surface area (Å²) >= 11 is 0. The summed E-state index contributed by atoms with van der Waals surface area (Å²) in [7, 11) is 1.95. The molecule has 2 N–H and O–H groups in total. The molecular formula is C16H25N3O3. The van der Waals surface area contributed by atoms with E-state index in [2.05, 4.69) is 10.6 Å². The van der Waals surface area contributed by atoms with Gasteiger partial charge in [-0.05, 0) is 37.9 Å². The first-order valence-electron chi connectivity index (χ1n) is 7.83. The number of amides is 2. The van der Waals surface area contributed by atoms with Gasteiger partial charge in [-0.25, -0.2) is 0 Å². The van der Waals surface area contributed by atoms with Crippen molar-refractivity contribution in [2.75, 3.05) is 20.1 Å². The lowest BCUT2D eigenvalue weighted by Crippen LogP contribution is -2.54. The number of carbonyl (C=O) groups excluding carboxylic acids is 2. The van der Waals surface area contributed by atoms with Gasteiger partial charge in [-0.15, -0.1) is 0 Å². The molecule has 0 bridgehead atoms. The Bertz CT molecular complexity index is 491. The summed E-state index contributed by atoms with van der Waals surface area (Å²) < 4.78 is 5.08. The van der Waals surface area contributed by atoms with Gasteiger partial charge in [0.05, 0.1) is 6.26 Å². The highest BCUT2D eigenvalue weighted by atomic mass is 16.3. The largest absolute Gasteiger partial charge is 0.459 e. The van der Waals surface area contributed by atoms with Crippen LogP contribution in [0.3, 0.4) is 0 Å². The summed E-state index contributed by atoms with van der Waals surface area (Å²) in [6.07, 6.45) is 3.34. The minimum atomic E-state index is -0.524. The van der Waals surface area contributed by atoms with E-state index in [1.807, 2.05) is 25.8 Å². The molecule has 1 aliphatic rings. The van der Waals surface area contributed by atoms with Gasteiger partial charge >= 0.3 is 0 Å². The summed E-state index contributed by atoms with van der Waals surface area (Å²) in [5.41, 5.74) is 0. The Morgan fingerprint density at radius 2 is 2.00 bits per heavy atom. The zero-order chi connectivity index (χ0) is 16.1. The standard InChI is InChI=1S/C16H25N3O3/c1-11(2)14(18-15(20)13-5-4-10-22-13)16(21)19-8-6-12(17-3)7-9-19/h4-5,10-12,14,17H,6-9H2,1-3H3,(H,18,20). The lowest BCUT2D eigenvalue weighted by molar-refractivity contribution is -0.135. The number of rotatable bonds is 5. The number of likely N-dealkylation sites (tertiary alicyclic amines) is 1. The highest BCUT2D eigenvalue weighted by molar-refractivity contribution is 5.95. The SMILES string of the molecule is CNC1CCN(C(=O)C(NC(=O)c2ccco2)C(C)C)CC1. The van der Waals surface area contributed by atoms with Crippen LogP contribution in [0.4, 0.5) is 0 Å². The van der Waals surface area contributed by atoms with Gasteiger partial charge in [0.2, 0.25) is 5.91 Å². The molecule has 1 aliphatic heterocycles. The number of hydrogen-bond acceptors (Lipinski definition) is 4. The molecule has 22 heavy (non-hydrogen) atoms. The third-order valence-corrected chi connectivity index (χ3v) is 4.18. The lowest BCUT2D eigenvalue weighted by atomic mass is 9.99. The van der Waals surface area contributed by atoms with E-state index >= 15 is 0 Å². The van der Waals surface area contributed by atoms with Crippen molar-refractivity contribution in [2.45, 2.75) is 38.8 Å². The first-order valence-corrected chi connectivity index (χ1v) is 7.83. The highest BCUT2D eigenvalue weighted by Gasteiger charge is 2.31. The van der Waals surface area contributed by atoms with E-state index in [4.69, 9.17) is 4.42 Å². The molecule has 0 spiro atoms. The Morgan fingerprint density at radius 3 is 2.50 bits per heavy atom. The van der Waals surface area contributed by atoms with Crippen LogP contribution in [0.5, 0.6) is 0 Å². The third-order valence-electron chi connectivity index (χ3n) is 4.18. The van der Waals surface area contributed by atoms with E-state index in [1.165, 1.54) is 6.26 Å². The zero-order valence-electron chi connectivity index (χ0n) is 13.5. The molecule has 1 aromatic rings. The van der Waals surface area contributed by atoms with E-state index in [1.54, 1.807) is 12.1 Å². The summed E-state index contributed by atoms with van der Waals surface area (Å²) in [6.45, 7) is 5.32. The second kappa shape index (κ2) is 7.45. The van der Waals surface area contributed by atoms with Gasteiger partial charge in [-0.2, -0.15) is 0 Å². The van der Waals surface area contributed by atoms with Gasteiger partial charge in [0.25, 0.3) is 5.91 Å². The van der Waals surface area contributed by atoms with E-state index in [0.29, 0.717) is 6.04 Å². The zero-order valence-corrected chi connectivity index (χ0v) is 13.5. The van der Waals surface area contributed by atoms with Crippen LogP contribution >= 0.6 is 0 Å². The highest BCUT2D eigenvalue weighted by Crippen LogP contribution is 2.14. The van der Waals surface area contributed by atoms with Crippen LogP contribution in [0.25, 0.3) is 0 Å². The number of piperidine rings is 1. The predicted molar refractivity (Wildman–Crippen MR) is 83.5 cm³/mol. The van der Waals surface area contributed by atoms with Crippen molar-refractivity contribution in [3.63, 3.8) is 0 Å². The monoisotopic (exact) mass is 307 g/mol. The van der Waals surface area contributed by atoms with Gasteiger partial charge in [0, 0.05) is 19.1 Å². The van der Waals surface area contributed by atoms with Gasteiger partial charge in [-0.3, -0.25) is 9.59 Å². The maximum atomic E-state index is 12.7. The van der Waals surface area contributed by atoms with Crippen LogP contribution in [-0.2, 0) is 4.79 Å². The Kier molecular flexibility index (Phi) is 5.60. The molecule has 0 saturated carbocycles. The topological polar surface area (TPSA) is 74.6 Å². The van der Waals surface area contributed by atoms with Crippen LogP contribution in [0.1, 0.15) is 37.2 Å². The van der Waals surface area contributed by atoms with Gasteiger partial charge in [0.15, 0.2) is 5.76 Å².